The Morgan fingerprint density at radius 2 is 2.00 bits per heavy atom. The van der Waals surface area contributed by atoms with E-state index >= 15 is 0 Å². The number of benzene rings is 1. The van der Waals surface area contributed by atoms with Gasteiger partial charge in [0.15, 0.2) is 0 Å². The summed E-state index contributed by atoms with van der Waals surface area (Å²) in [5.41, 5.74) is 2.45. The van der Waals surface area contributed by atoms with Gasteiger partial charge in [-0.05, 0) is 53.7 Å². The molecule has 2 aromatic rings. The molecule has 1 aromatic carbocycles. The molecule has 3 rings (SSSR count). The average molecular weight is 359 g/mol. The van der Waals surface area contributed by atoms with Crippen LogP contribution in [-0.2, 0) is 11.2 Å². The zero-order chi connectivity index (χ0) is 17.8. The molecule has 1 heterocycles. The van der Waals surface area contributed by atoms with Crippen molar-refractivity contribution in [3.63, 3.8) is 0 Å². The fourth-order valence-corrected chi connectivity index (χ4v) is 3.49. The molecule has 25 heavy (non-hydrogen) atoms. The number of tetrazole rings is 1. The molecule has 0 bridgehead atoms. The second-order valence-electron chi connectivity index (χ2n) is 7.05. The van der Waals surface area contributed by atoms with Crippen molar-refractivity contribution in [2.24, 2.45) is 5.92 Å². The minimum atomic E-state index is -0.0133. The summed E-state index contributed by atoms with van der Waals surface area (Å²) >= 11 is 1.39. The van der Waals surface area contributed by atoms with Crippen molar-refractivity contribution >= 4 is 17.7 Å². The Bertz CT molecular complexity index is 709. The van der Waals surface area contributed by atoms with E-state index in [4.69, 9.17) is 0 Å². The summed E-state index contributed by atoms with van der Waals surface area (Å²) < 4.78 is 1.83. The highest BCUT2D eigenvalue weighted by atomic mass is 32.2. The summed E-state index contributed by atoms with van der Waals surface area (Å²) in [6, 6.07) is 8.91. The molecule has 1 fully saturated rings. The van der Waals surface area contributed by atoms with E-state index in [1.54, 1.807) is 0 Å². The van der Waals surface area contributed by atoms with E-state index in [2.05, 4.69) is 59.0 Å². The monoisotopic (exact) mass is 359 g/mol. The topological polar surface area (TPSA) is 72.7 Å². The molecule has 6 nitrogen and oxygen atoms in total. The number of amides is 1. The first kappa shape index (κ1) is 17.9. The highest BCUT2D eigenvalue weighted by Crippen LogP contribution is 2.36. The van der Waals surface area contributed by atoms with Gasteiger partial charge in [-0.2, -0.15) is 0 Å². The summed E-state index contributed by atoms with van der Waals surface area (Å²) in [6.07, 6.45) is 3.32. The molecule has 1 saturated carbocycles. The molecule has 0 spiro atoms. The van der Waals surface area contributed by atoms with Gasteiger partial charge in [0.2, 0.25) is 11.1 Å². The van der Waals surface area contributed by atoms with Gasteiger partial charge in [-0.25, -0.2) is 4.68 Å². The Labute approximate surface area is 152 Å². The van der Waals surface area contributed by atoms with E-state index in [0.717, 1.165) is 30.0 Å². The van der Waals surface area contributed by atoms with Crippen LogP contribution in [0.3, 0.4) is 0 Å². The van der Waals surface area contributed by atoms with Crippen LogP contribution >= 0.6 is 11.8 Å². The minimum Gasteiger partial charge on any atom is -0.349 e. The van der Waals surface area contributed by atoms with E-state index in [1.807, 2.05) is 11.6 Å². The lowest BCUT2D eigenvalue weighted by molar-refractivity contribution is -0.119. The highest BCUT2D eigenvalue weighted by Gasteiger charge is 2.28. The average Bonchev–Trinajstić information content (AvgIpc) is 3.31. The lowest BCUT2D eigenvalue weighted by Crippen LogP contribution is -2.28. The number of hydrogen-bond acceptors (Lipinski definition) is 5. The van der Waals surface area contributed by atoms with Crippen molar-refractivity contribution < 1.29 is 4.79 Å². The molecule has 1 aliphatic rings. The Kier molecular flexibility index (Phi) is 5.73. The minimum absolute atomic E-state index is 0.00546. The Balaban J connectivity index is 1.49. The summed E-state index contributed by atoms with van der Waals surface area (Å²) in [5.74, 6) is 0.962. The van der Waals surface area contributed by atoms with Gasteiger partial charge >= 0.3 is 0 Å². The third kappa shape index (κ3) is 5.04. The fraction of sp³-hybridized carbons (Fsp3) is 0.556. The van der Waals surface area contributed by atoms with E-state index in [-0.39, 0.29) is 11.9 Å². The van der Waals surface area contributed by atoms with Crippen molar-refractivity contribution in [3.05, 3.63) is 35.4 Å². The third-order valence-corrected chi connectivity index (χ3v) is 5.12. The van der Waals surface area contributed by atoms with Crippen LogP contribution in [0.1, 0.15) is 56.8 Å². The summed E-state index contributed by atoms with van der Waals surface area (Å²) in [7, 11) is 0. The van der Waals surface area contributed by atoms with Crippen molar-refractivity contribution in [3.8, 4) is 0 Å². The van der Waals surface area contributed by atoms with Crippen LogP contribution in [-0.4, -0.2) is 31.9 Å². The standard InChI is InChI=1S/C18H25N5OS/c1-12(2)10-14-4-6-15(7-5-14)13(3)19-17(24)11-25-18-20-21-22-23(18)16-8-9-16/h4-7,12-13,16H,8-11H2,1-3H3,(H,19,24). The lowest BCUT2D eigenvalue weighted by Gasteiger charge is -2.15. The number of nitrogens with zero attached hydrogens (tertiary/aromatic N) is 4. The molecule has 7 heteroatoms. The van der Waals surface area contributed by atoms with Gasteiger partial charge in [-0.1, -0.05) is 49.9 Å². The molecule has 1 aliphatic carbocycles. The van der Waals surface area contributed by atoms with Gasteiger partial charge in [0.1, 0.15) is 0 Å². The number of nitrogens with one attached hydrogen (secondary N) is 1. The van der Waals surface area contributed by atoms with Crippen LogP contribution in [0.4, 0.5) is 0 Å². The maximum atomic E-state index is 12.2. The second kappa shape index (κ2) is 7.99. The van der Waals surface area contributed by atoms with Crippen LogP contribution in [0.25, 0.3) is 0 Å². The predicted molar refractivity (Wildman–Crippen MR) is 98.4 cm³/mol. The van der Waals surface area contributed by atoms with Crippen molar-refractivity contribution in [2.45, 2.75) is 57.3 Å². The molecular weight excluding hydrogens is 334 g/mol. The van der Waals surface area contributed by atoms with E-state index in [0.29, 0.717) is 17.7 Å². The van der Waals surface area contributed by atoms with Gasteiger partial charge in [0.05, 0.1) is 17.8 Å². The largest absolute Gasteiger partial charge is 0.349 e. The van der Waals surface area contributed by atoms with Crippen LogP contribution in [0, 0.1) is 5.92 Å². The second-order valence-corrected chi connectivity index (χ2v) is 8.00. The molecule has 1 aromatic heterocycles. The number of carbonyl (C=O) groups is 1. The van der Waals surface area contributed by atoms with Crippen LogP contribution in [0.15, 0.2) is 29.4 Å². The van der Waals surface area contributed by atoms with Crippen LogP contribution < -0.4 is 5.32 Å². The molecule has 0 saturated heterocycles. The van der Waals surface area contributed by atoms with Crippen LogP contribution in [0.5, 0.6) is 0 Å². The Morgan fingerprint density at radius 1 is 1.28 bits per heavy atom. The number of rotatable bonds is 8. The first-order chi connectivity index (χ1) is 12.0. The van der Waals surface area contributed by atoms with Crippen molar-refractivity contribution in [2.75, 3.05) is 5.75 Å². The summed E-state index contributed by atoms with van der Waals surface area (Å²) in [6.45, 7) is 6.44. The first-order valence-electron chi connectivity index (χ1n) is 8.81. The normalized spacial score (nSPS) is 15.4. The smallest absolute Gasteiger partial charge is 0.230 e. The molecule has 134 valence electrons. The molecule has 1 N–H and O–H groups in total. The Hall–Kier alpha value is -1.89. The molecule has 1 atom stereocenters. The van der Waals surface area contributed by atoms with E-state index in [1.165, 1.54) is 17.3 Å². The molecule has 0 radical (unpaired) electrons. The molecular formula is C18H25N5OS. The van der Waals surface area contributed by atoms with Gasteiger partial charge in [-0.15, -0.1) is 5.10 Å². The highest BCUT2D eigenvalue weighted by molar-refractivity contribution is 7.99. The van der Waals surface area contributed by atoms with Gasteiger partial charge < -0.3 is 5.32 Å². The molecule has 1 amide bonds. The zero-order valence-corrected chi connectivity index (χ0v) is 15.8. The van der Waals surface area contributed by atoms with Crippen LogP contribution in [0.2, 0.25) is 0 Å². The van der Waals surface area contributed by atoms with Gasteiger partial charge in [0, 0.05) is 0 Å². The maximum absolute atomic E-state index is 12.2. The third-order valence-electron chi connectivity index (χ3n) is 4.19. The quantitative estimate of drug-likeness (QED) is 0.733. The predicted octanol–water partition coefficient (Wildman–Crippen LogP) is 3.18. The number of thioether (sulfide) groups is 1. The van der Waals surface area contributed by atoms with Gasteiger partial charge in [0.25, 0.3) is 0 Å². The van der Waals surface area contributed by atoms with Crippen molar-refractivity contribution in [1.82, 2.24) is 25.5 Å². The first-order valence-corrected chi connectivity index (χ1v) is 9.80. The molecule has 1 unspecified atom stereocenters. The lowest BCUT2D eigenvalue weighted by atomic mass is 10.00. The zero-order valence-electron chi connectivity index (χ0n) is 15.0. The fourth-order valence-electron chi connectivity index (χ4n) is 2.74. The number of aromatic nitrogens is 4. The van der Waals surface area contributed by atoms with E-state index in [9.17, 15) is 4.79 Å². The Morgan fingerprint density at radius 3 is 2.64 bits per heavy atom. The van der Waals surface area contributed by atoms with E-state index < -0.39 is 0 Å². The summed E-state index contributed by atoms with van der Waals surface area (Å²) in [4.78, 5) is 12.2. The maximum Gasteiger partial charge on any atom is 0.230 e. The van der Waals surface area contributed by atoms with Gasteiger partial charge in [-0.3, -0.25) is 4.79 Å². The molecule has 0 aliphatic heterocycles. The SMILES string of the molecule is CC(C)Cc1ccc(C(C)NC(=O)CSc2nnnn2C2CC2)cc1. The number of carbonyl (C=O) groups excluding carboxylic acids is 1. The summed E-state index contributed by atoms with van der Waals surface area (Å²) in [5, 5.41) is 15.5. The number of hydrogen-bond donors (Lipinski definition) is 1. The van der Waals surface area contributed by atoms with Crippen molar-refractivity contribution in [1.29, 1.82) is 0 Å².